The molecule has 1 aromatic heterocycles. The molecule has 0 bridgehead atoms. The first-order valence-corrected chi connectivity index (χ1v) is 11.1. The van der Waals surface area contributed by atoms with Crippen LogP contribution in [0.2, 0.25) is 0 Å². The van der Waals surface area contributed by atoms with E-state index in [1.807, 2.05) is 4.90 Å². The van der Waals surface area contributed by atoms with Gasteiger partial charge >= 0.3 is 0 Å². The molecule has 2 amide bonds. The van der Waals surface area contributed by atoms with Crippen molar-refractivity contribution in [2.75, 3.05) is 30.6 Å². The maximum absolute atomic E-state index is 12.8. The molecule has 1 N–H and O–H groups in total. The number of piperidine rings is 1. The summed E-state index contributed by atoms with van der Waals surface area (Å²) in [6, 6.07) is 0. The normalized spacial score (nSPS) is 18.3. The summed E-state index contributed by atoms with van der Waals surface area (Å²) >= 11 is 1.28. The van der Waals surface area contributed by atoms with Gasteiger partial charge in [-0.25, -0.2) is 13.4 Å². The number of likely N-dealkylation sites (tertiary alicyclic amines) is 1. The number of aromatic nitrogens is 1. The van der Waals surface area contributed by atoms with Gasteiger partial charge in [-0.05, 0) is 18.9 Å². The number of rotatable bonds is 4. The van der Waals surface area contributed by atoms with Gasteiger partial charge in [0.05, 0.1) is 18.5 Å². The lowest BCUT2D eigenvalue weighted by molar-refractivity contribution is -0.140. The molecule has 8 nitrogen and oxygen atoms in total. The number of nitrogens with one attached hydrogen (secondary N) is 1. The summed E-state index contributed by atoms with van der Waals surface area (Å²) in [6.45, 7) is 5.68. The second-order valence-electron chi connectivity index (χ2n) is 6.58. The Labute approximate surface area is 156 Å². The number of fused-ring (bicyclic) bond motifs is 1. The summed E-state index contributed by atoms with van der Waals surface area (Å²) in [5.74, 6) is -0.0617. The van der Waals surface area contributed by atoms with Crippen LogP contribution in [0.25, 0.3) is 0 Å². The van der Waals surface area contributed by atoms with E-state index in [4.69, 9.17) is 0 Å². The number of thiazole rings is 1. The van der Waals surface area contributed by atoms with Crippen molar-refractivity contribution in [3.8, 4) is 0 Å². The summed E-state index contributed by atoms with van der Waals surface area (Å²) in [4.78, 5) is 33.2. The highest BCUT2D eigenvalue weighted by atomic mass is 32.2. The van der Waals surface area contributed by atoms with Crippen molar-refractivity contribution in [1.82, 2.24) is 14.8 Å². The van der Waals surface area contributed by atoms with E-state index in [-0.39, 0.29) is 17.7 Å². The van der Waals surface area contributed by atoms with Crippen LogP contribution in [0.4, 0.5) is 5.13 Å². The van der Waals surface area contributed by atoms with Gasteiger partial charge in [0.1, 0.15) is 0 Å². The number of sulfonamides is 1. The Hall–Kier alpha value is -1.94. The minimum Gasteiger partial charge on any atom is -0.339 e. The first kappa shape index (κ1) is 18.8. The molecule has 0 unspecified atom stereocenters. The average Bonchev–Trinajstić information content (AvgIpc) is 2.99. The number of carbonyl (C=O) groups is 2. The van der Waals surface area contributed by atoms with Crippen LogP contribution in [0.1, 0.15) is 23.4 Å². The molecule has 3 rings (SSSR count). The molecule has 1 fully saturated rings. The molecule has 0 aliphatic carbocycles. The molecule has 0 spiro atoms. The monoisotopic (exact) mass is 398 g/mol. The van der Waals surface area contributed by atoms with Crippen LogP contribution in [0, 0.1) is 5.92 Å². The van der Waals surface area contributed by atoms with Gasteiger partial charge in [-0.1, -0.05) is 17.9 Å². The van der Waals surface area contributed by atoms with Crippen LogP contribution < -0.4 is 4.72 Å². The summed E-state index contributed by atoms with van der Waals surface area (Å²) in [5, 5.41) is 0.350. The zero-order valence-corrected chi connectivity index (χ0v) is 16.2. The molecule has 2 aliphatic heterocycles. The second-order valence-corrected chi connectivity index (χ2v) is 9.41. The SMILES string of the molecule is C=CC(=O)N1CCC(C(=O)N2CCc3nc(NS(C)(=O)=O)sc3C2)CC1. The van der Waals surface area contributed by atoms with Crippen molar-refractivity contribution in [1.29, 1.82) is 0 Å². The second kappa shape index (κ2) is 7.36. The van der Waals surface area contributed by atoms with Crippen LogP contribution in [-0.4, -0.2) is 60.9 Å². The zero-order valence-electron chi connectivity index (χ0n) is 14.6. The van der Waals surface area contributed by atoms with Crippen molar-refractivity contribution in [3.63, 3.8) is 0 Å². The van der Waals surface area contributed by atoms with Crippen molar-refractivity contribution < 1.29 is 18.0 Å². The molecule has 10 heteroatoms. The van der Waals surface area contributed by atoms with E-state index in [1.54, 1.807) is 4.90 Å². The number of nitrogens with zero attached hydrogens (tertiary/aromatic N) is 3. The van der Waals surface area contributed by atoms with Crippen molar-refractivity contribution in [2.24, 2.45) is 5.92 Å². The van der Waals surface area contributed by atoms with Gasteiger partial charge in [-0.3, -0.25) is 14.3 Å². The Kier molecular flexibility index (Phi) is 5.33. The smallest absolute Gasteiger partial charge is 0.245 e. The number of hydrogen-bond donors (Lipinski definition) is 1. The fourth-order valence-corrected chi connectivity index (χ4v) is 5.18. The molecule has 2 aliphatic rings. The number of amides is 2. The van der Waals surface area contributed by atoms with E-state index in [9.17, 15) is 18.0 Å². The molecule has 142 valence electrons. The highest BCUT2D eigenvalue weighted by molar-refractivity contribution is 7.92. The van der Waals surface area contributed by atoms with E-state index in [2.05, 4.69) is 16.3 Å². The highest BCUT2D eigenvalue weighted by Crippen LogP contribution is 2.30. The van der Waals surface area contributed by atoms with Crippen LogP contribution in [-0.2, 0) is 32.6 Å². The Morgan fingerprint density at radius 3 is 2.58 bits per heavy atom. The molecule has 0 radical (unpaired) electrons. The summed E-state index contributed by atoms with van der Waals surface area (Å²) in [6.07, 6.45) is 4.33. The van der Waals surface area contributed by atoms with Gasteiger partial charge in [0.2, 0.25) is 21.8 Å². The van der Waals surface area contributed by atoms with Gasteiger partial charge in [-0.2, -0.15) is 0 Å². The fraction of sp³-hybridized carbons (Fsp3) is 0.562. The van der Waals surface area contributed by atoms with Crippen LogP contribution in [0.3, 0.4) is 0 Å². The zero-order chi connectivity index (χ0) is 18.9. The third-order valence-electron chi connectivity index (χ3n) is 4.65. The highest BCUT2D eigenvalue weighted by Gasteiger charge is 2.32. The quantitative estimate of drug-likeness (QED) is 0.757. The molecule has 3 heterocycles. The van der Waals surface area contributed by atoms with E-state index < -0.39 is 10.0 Å². The molecule has 0 atom stereocenters. The summed E-state index contributed by atoms with van der Waals surface area (Å²) in [7, 11) is -3.36. The van der Waals surface area contributed by atoms with Crippen molar-refractivity contribution >= 4 is 38.3 Å². The Balaban J connectivity index is 1.61. The third-order valence-corrected chi connectivity index (χ3v) is 6.34. The maximum Gasteiger partial charge on any atom is 0.245 e. The number of carbonyl (C=O) groups excluding carboxylic acids is 2. The Morgan fingerprint density at radius 2 is 1.96 bits per heavy atom. The minimum absolute atomic E-state index is 0.0769. The summed E-state index contributed by atoms with van der Waals surface area (Å²) < 4.78 is 25.1. The predicted molar refractivity (Wildman–Crippen MR) is 99.2 cm³/mol. The minimum atomic E-state index is -3.36. The molecule has 1 saturated heterocycles. The lowest BCUT2D eigenvalue weighted by atomic mass is 9.94. The molecule has 0 saturated carbocycles. The standard InChI is InChI=1S/C16H22N4O4S2/c1-3-14(21)19-7-4-11(5-8-19)15(22)20-9-6-12-13(10-20)25-16(17-12)18-26(2,23)24/h3,11H,1,4-10H2,2H3,(H,17,18). The van der Waals surface area contributed by atoms with Gasteiger partial charge in [0.25, 0.3) is 0 Å². The number of hydrogen-bond acceptors (Lipinski definition) is 6. The fourth-order valence-electron chi connectivity index (χ4n) is 3.32. The van der Waals surface area contributed by atoms with E-state index >= 15 is 0 Å². The first-order chi connectivity index (χ1) is 12.3. The van der Waals surface area contributed by atoms with E-state index in [0.29, 0.717) is 50.6 Å². The van der Waals surface area contributed by atoms with Crippen molar-refractivity contribution in [3.05, 3.63) is 23.2 Å². The summed E-state index contributed by atoms with van der Waals surface area (Å²) in [5.41, 5.74) is 0.858. The van der Waals surface area contributed by atoms with Crippen molar-refractivity contribution in [2.45, 2.75) is 25.8 Å². The molecule has 1 aromatic rings. The lowest BCUT2D eigenvalue weighted by Gasteiger charge is -2.35. The molecule has 26 heavy (non-hydrogen) atoms. The van der Waals surface area contributed by atoms with E-state index in [1.165, 1.54) is 17.4 Å². The van der Waals surface area contributed by atoms with Gasteiger partial charge in [0.15, 0.2) is 5.13 Å². The Morgan fingerprint density at radius 1 is 1.27 bits per heavy atom. The topological polar surface area (TPSA) is 99.7 Å². The molecular weight excluding hydrogens is 376 g/mol. The third kappa shape index (κ3) is 4.24. The Bertz CT molecular complexity index is 825. The first-order valence-electron chi connectivity index (χ1n) is 8.43. The van der Waals surface area contributed by atoms with Crippen LogP contribution in [0.15, 0.2) is 12.7 Å². The molecule has 0 aromatic carbocycles. The van der Waals surface area contributed by atoms with Gasteiger partial charge in [-0.15, -0.1) is 0 Å². The van der Waals surface area contributed by atoms with Crippen LogP contribution >= 0.6 is 11.3 Å². The lowest BCUT2D eigenvalue weighted by Crippen LogP contribution is -2.45. The molecular formula is C16H22N4O4S2. The largest absolute Gasteiger partial charge is 0.339 e. The average molecular weight is 399 g/mol. The van der Waals surface area contributed by atoms with Gasteiger partial charge < -0.3 is 9.80 Å². The van der Waals surface area contributed by atoms with E-state index in [0.717, 1.165) is 16.8 Å². The van der Waals surface area contributed by atoms with Crippen LogP contribution in [0.5, 0.6) is 0 Å². The van der Waals surface area contributed by atoms with Gasteiger partial charge in [0, 0.05) is 36.9 Å². The number of anilines is 1. The predicted octanol–water partition coefficient (Wildman–Crippen LogP) is 0.824. The maximum atomic E-state index is 12.8.